The van der Waals surface area contributed by atoms with Crippen molar-refractivity contribution in [3.05, 3.63) is 0 Å². The van der Waals surface area contributed by atoms with Crippen LogP contribution in [0, 0.1) is 23.7 Å². The van der Waals surface area contributed by atoms with Gasteiger partial charge in [-0.1, -0.05) is 39.0 Å². The minimum Gasteiger partial charge on any atom is -0.793 e. The summed E-state index contributed by atoms with van der Waals surface area (Å²) in [4.78, 5) is 12.0. The second-order valence-electron chi connectivity index (χ2n) is 8.08. The zero-order chi connectivity index (χ0) is 16.4. The first-order valence-electron chi connectivity index (χ1n) is 7.91. The van der Waals surface area contributed by atoms with Crippen molar-refractivity contribution in [3.8, 4) is 0 Å². The van der Waals surface area contributed by atoms with Crippen LogP contribution in [-0.4, -0.2) is 38.3 Å². The highest BCUT2D eigenvalue weighted by molar-refractivity contribution is 8.59. The molecule has 0 aliphatic heterocycles. The van der Waals surface area contributed by atoms with Crippen LogP contribution in [0.5, 0.6) is 0 Å². The molecular weight excluding hydrogens is 321 g/mol. The summed E-state index contributed by atoms with van der Waals surface area (Å²) in [5.41, 5.74) is -3.18. The molecule has 5 atom stereocenters. The first-order chi connectivity index (χ1) is 9.39. The van der Waals surface area contributed by atoms with Crippen molar-refractivity contribution in [2.75, 3.05) is 27.7 Å². The molecule has 21 heavy (non-hydrogen) atoms. The average Bonchev–Trinajstić information content (AvgIpc) is 2.23. The zero-order valence-electron chi connectivity index (χ0n) is 14.3. The monoisotopic (exact) mass is 353 g/mol. The molecule has 0 aromatic carbocycles. The van der Waals surface area contributed by atoms with Gasteiger partial charge >= 0.3 is 0 Å². The Morgan fingerprint density at radius 1 is 1.29 bits per heavy atom. The second-order valence-corrected chi connectivity index (χ2v) is 13.1. The quantitative estimate of drug-likeness (QED) is 0.452. The molecule has 0 aromatic heterocycles. The molecule has 126 valence electrons. The molecule has 1 aliphatic rings. The van der Waals surface area contributed by atoms with Gasteiger partial charge in [-0.05, 0) is 36.5 Å². The fourth-order valence-electron chi connectivity index (χ4n) is 3.66. The molecule has 6 heteroatoms. The average molecular weight is 354 g/mol. The van der Waals surface area contributed by atoms with Crippen LogP contribution in [0.15, 0.2) is 0 Å². The molecule has 1 aliphatic carbocycles. The van der Waals surface area contributed by atoms with Crippen LogP contribution in [0.2, 0.25) is 0 Å². The topological polar surface area (TPSA) is 32.3 Å². The van der Waals surface area contributed by atoms with E-state index in [0.29, 0.717) is 23.7 Å². The van der Waals surface area contributed by atoms with Gasteiger partial charge in [0.15, 0.2) is 0 Å². The number of nitrogens with zero attached hydrogens (tertiary/aromatic N) is 1. The van der Waals surface area contributed by atoms with Crippen LogP contribution in [-0.2, 0) is 16.3 Å². The summed E-state index contributed by atoms with van der Waals surface area (Å²) in [5.74, 6) is 2.36. The summed E-state index contributed by atoms with van der Waals surface area (Å²) in [6.07, 6.45) is 3.58. The van der Waals surface area contributed by atoms with Crippen molar-refractivity contribution in [3.63, 3.8) is 0 Å². The van der Waals surface area contributed by atoms with Gasteiger partial charge in [-0.25, -0.2) is 0 Å². The molecule has 0 heterocycles. The Morgan fingerprint density at radius 2 is 1.86 bits per heavy atom. The van der Waals surface area contributed by atoms with Crippen molar-refractivity contribution >= 4 is 29.7 Å². The number of hydrogen-bond acceptors (Lipinski definition) is 3. The lowest BCUT2D eigenvalue weighted by molar-refractivity contribution is -0.873. The summed E-state index contributed by atoms with van der Waals surface area (Å²) < 4.78 is 6.58. The van der Waals surface area contributed by atoms with E-state index in [9.17, 15) is 4.89 Å². The van der Waals surface area contributed by atoms with E-state index in [1.54, 1.807) is 0 Å². The third-order valence-electron chi connectivity index (χ3n) is 4.55. The van der Waals surface area contributed by atoms with E-state index in [0.717, 1.165) is 17.4 Å². The van der Waals surface area contributed by atoms with Gasteiger partial charge in [0, 0.05) is 5.69 Å². The van der Waals surface area contributed by atoms with Crippen molar-refractivity contribution in [2.24, 2.45) is 23.7 Å². The fraction of sp³-hybridized carbons (Fsp3) is 1.00. The molecule has 0 N–H and O–H groups in total. The molecule has 1 saturated carbocycles. The molecule has 1 fully saturated rings. The van der Waals surface area contributed by atoms with Crippen LogP contribution in [0.25, 0.3) is 0 Å². The normalized spacial score (nSPS) is 32.0. The number of hydrogen-bond donors (Lipinski definition) is 1. The highest BCUT2D eigenvalue weighted by Crippen LogP contribution is 2.49. The highest BCUT2D eigenvalue weighted by Gasteiger charge is 2.39. The minimum atomic E-state index is -3.18. The summed E-state index contributed by atoms with van der Waals surface area (Å²) in [5, 5.41) is 0. The van der Waals surface area contributed by atoms with Crippen LogP contribution >= 0.6 is 17.9 Å². The largest absolute Gasteiger partial charge is 0.793 e. The molecule has 3 nitrogen and oxygen atoms in total. The predicted molar refractivity (Wildman–Crippen MR) is 95.9 cm³/mol. The molecule has 0 radical (unpaired) electrons. The van der Waals surface area contributed by atoms with Crippen molar-refractivity contribution in [1.82, 2.24) is 0 Å². The Labute approximate surface area is 141 Å². The van der Waals surface area contributed by atoms with Crippen LogP contribution in [0.1, 0.15) is 40.0 Å². The maximum Gasteiger partial charge on any atom is 0.114 e. The van der Waals surface area contributed by atoms with Gasteiger partial charge in [-0.15, -0.1) is 12.2 Å². The standard InChI is InChI=1S/C15H32NO2PS2/c1-11(2)13-8-7-12(3)9-14(13)15(10-16(4,5)6)18-19(17,20)21/h11-15H,7-10H2,1-6H3,(H-,17,20,21). The maximum absolute atomic E-state index is 12.0. The van der Waals surface area contributed by atoms with Crippen LogP contribution in [0.4, 0.5) is 0 Å². The zero-order valence-corrected chi connectivity index (χ0v) is 16.9. The molecule has 5 unspecified atom stereocenters. The Balaban J connectivity index is 2.99. The van der Waals surface area contributed by atoms with E-state index in [-0.39, 0.29) is 6.10 Å². The molecule has 0 aromatic rings. The number of likely N-dealkylation sites (N-methyl/N-ethyl adjacent to an activating group) is 1. The lowest BCUT2D eigenvalue weighted by atomic mass is 9.68. The lowest BCUT2D eigenvalue weighted by Crippen LogP contribution is -2.48. The van der Waals surface area contributed by atoms with Crippen molar-refractivity contribution in [2.45, 2.75) is 46.1 Å². The molecular formula is C15H32NO2PS2. The second kappa shape index (κ2) is 7.63. The summed E-state index contributed by atoms with van der Waals surface area (Å²) in [6.45, 7) is 7.69. The van der Waals surface area contributed by atoms with Gasteiger partial charge in [0.25, 0.3) is 0 Å². The molecule has 1 rings (SSSR count). The van der Waals surface area contributed by atoms with Crippen LogP contribution < -0.4 is 4.89 Å². The van der Waals surface area contributed by atoms with Gasteiger partial charge in [0.1, 0.15) is 12.6 Å². The Morgan fingerprint density at radius 3 is 2.29 bits per heavy atom. The Kier molecular flexibility index (Phi) is 7.24. The summed E-state index contributed by atoms with van der Waals surface area (Å²) in [7, 11) is 6.42. The summed E-state index contributed by atoms with van der Waals surface area (Å²) >= 11 is 8.95. The lowest BCUT2D eigenvalue weighted by Gasteiger charge is -2.44. The van der Waals surface area contributed by atoms with Gasteiger partial charge in [-0.3, -0.25) is 0 Å². The van der Waals surface area contributed by atoms with Crippen LogP contribution in [0.3, 0.4) is 0 Å². The van der Waals surface area contributed by atoms with E-state index in [2.05, 4.69) is 54.2 Å². The number of rotatable bonds is 6. The first-order valence-corrected chi connectivity index (χ1v) is 11.7. The van der Waals surface area contributed by atoms with Crippen molar-refractivity contribution in [1.29, 1.82) is 0 Å². The Bertz CT molecular complexity index is 378. The molecule has 0 spiro atoms. The number of thiol groups is 1. The van der Waals surface area contributed by atoms with E-state index < -0.39 is 5.69 Å². The fourth-order valence-corrected chi connectivity index (χ4v) is 4.92. The van der Waals surface area contributed by atoms with Gasteiger partial charge in [0.05, 0.1) is 21.1 Å². The first kappa shape index (κ1) is 19.9. The molecule has 0 bridgehead atoms. The third kappa shape index (κ3) is 7.32. The summed E-state index contributed by atoms with van der Waals surface area (Å²) in [6, 6.07) is 0. The van der Waals surface area contributed by atoms with E-state index in [4.69, 9.17) is 16.3 Å². The Hall–Kier alpha value is 0.880. The molecule has 0 amide bonds. The minimum absolute atomic E-state index is 0.0685. The van der Waals surface area contributed by atoms with E-state index in [1.807, 2.05) is 0 Å². The third-order valence-corrected chi connectivity index (χ3v) is 5.63. The van der Waals surface area contributed by atoms with Gasteiger partial charge in [0.2, 0.25) is 0 Å². The molecule has 0 saturated heterocycles. The number of quaternary nitrogens is 1. The maximum atomic E-state index is 12.0. The van der Waals surface area contributed by atoms with Gasteiger partial charge < -0.3 is 13.9 Å². The smallest absolute Gasteiger partial charge is 0.114 e. The van der Waals surface area contributed by atoms with E-state index in [1.165, 1.54) is 12.8 Å². The predicted octanol–water partition coefficient (Wildman–Crippen LogP) is 3.30. The van der Waals surface area contributed by atoms with Gasteiger partial charge in [-0.2, -0.15) is 0 Å². The highest BCUT2D eigenvalue weighted by atomic mass is 32.9. The SMILES string of the molecule is CC1CCC(C(C)C)C(C(C[N+](C)(C)C)OP([O-])(=S)S)C1. The van der Waals surface area contributed by atoms with E-state index >= 15 is 0 Å². The van der Waals surface area contributed by atoms with Crippen molar-refractivity contribution < 1.29 is 13.9 Å².